The van der Waals surface area contributed by atoms with Gasteiger partial charge in [-0.3, -0.25) is 0 Å². The van der Waals surface area contributed by atoms with E-state index in [-0.39, 0.29) is 6.04 Å². The zero-order chi connectivity index (χ0) is 11.1. The van der Waals surface area contributed by atoms with Crippen molar-refractivity contribution in [3.8, 4) is 0 Å². The molecule has 2 aromatic heterocycles. The molecule has 0 spiro atoms. The molecule has 0 amide bonds. The molecule has 0 radical (unpaired) electrons. The van der Waals surface area contributed by atoms with Crippen molar-refractivity contribution in [3.05, 3.63) is 30.7 Å². The summed E-state index contributed by atoms with van der Waals surface area (Å²) in [6, 6.07) is 3.81. The zero-order valence-electron chi connectivity index (χ0n) is 8.82. The molecule has 5 heteroatoms. The number of anilines is 1. The van der Waals surface area contributed by atoms with E-state index >= 15 is 0 Å². The van der Waals surface area contributed by atoms with Crippen molar-refractivity contribution in [1.29, 1.82) is 0 Å². The second-order valence-corrected chi connectivity index (χ2v) is 4.19. The molecular weight excluding hydrogens is 204 g/mol. The summed E-state index contributed by atoms with van der Waals surface area (Å²) in [5.74, 6) is 0.888. The van der Waals surface area contributed by atoms with Gasteiger partial charge in [-0.2, -0.15) is 0 Å². The number of nitrogens with zero attached hydrogens (tertiary/aromatic N) is 3. The quantitative estimate of drug-likeness (QED) is 0.698. The normalized spacial score (nSPS) is 25.5. The Morgan fingerprint density at radius 2 is 2.25 bits per heavy atom. The van der Waals surface area contributed by atoms with E-state index in [4.69, 9.17) is 5.73 Å². The highest BCUT2D eigenvalue weighted by Gasteiger charge is 2.29. The highest BCUT2D eigenvalue weighted by Crippen LogP contribution is 2.22. The Bertz CT molecular complexity index is 499. The predicted molar refractivity (Wildman–Crippen MR) is 61.4 cm³/mol. The van der Waals surface area contributed by atoms with Crippen molar-refractivity contribution < 1.29 is 5.11 Å². The molecule has 84 valence electrons. The summed E-state index contributed by atoms with van der Waals surface area (Å²) in [6.45, 7) is 1.21. The van der Waals surface area contributed by atoms with Crippen LogP contribution in [-0.4, -0.2) is 39.7 Å². The number of rotatable bonds is 1. The van der Waals surface area contributed by atoms with Crippen LogP contribution in [0.15, 0.2) is 30.7 Å². The minimum absolute atomic E-state index is 0.183. The highest BCUT2D eigenvalue weighted by molar-refractivity contribution is 5.69. The summed E-state index contributed by atoms with van der Waals surface area (Å²) in [5, 5.41) is 9.65. The van der Waals surface area contributed by atoms with Crippen LogP contribution in [0.25, 0.3) is 5.52 Å². The molecule has 1 fully saturated rings. The van der Waals surface area contributed by atoms with Crippen molar-refractivity contribution in [2.75, 3.05) is 18.0 Å². The SMILES string of the molecule is N[C@@H]1CN(c2nccn3cccc23)C[C@@H]1O. The smallest absolute Gasteiger partial charge is 0.153 e. The van der Waals surface area contributed by atoms with Crippen LogP contribution in [-0.2, 0) is 0 Å². The topological polar surface area (TPSA) is 66.8 Å². The Kier molecular flexibility index (Phi) is 2.08. The van der Waals surface area contributed by atoms with Crippen molar-refractivity contribution in [2.45, 2.75) is 12.1 Å². The minimum atomic E-state index is -0.461. The summed E-state index contributed by atoms with van der Waals surface area (Å²) in [4.78, 5) is 6.40. The van der Waals surface area contributed by atoms with Crippen LogP contribution in [0.5, 0.6) is 0 Å². The van der Waals surface area contributed by atoms with E-state index < -0.39 is 6.10 Å². The Morgan fingerprint density at radius 3 is 3.00 bits per heavy atom. The average Bonchev–Trinajstić information content (AvgIpc) is 2.85. The number of hydrogen-bond acceptors (Lipinski definition) is 4. The largest absolute Gasteiger partial charge is 0.390 e. The molecule has 0 aromatic carbocycles. The summed E-state index contributed by atoms with van der Waals surface area (Å²) < 4.78 is 2.01. The second kappa shape index (κ2) is 3.47. The van der Waals surface area contributed by atoms with Gasteiger partial charge in [-0.05, 0) is 12.1 Å². The molecule has 1 aliphatic rings. The van der Waals surface area contributed by atoms with Crippen LogP contribution in [0.4, 0.5) is 5.82 Å². The summed E-state index contributed by atoms with van der Waals surface area (Å²) in [5.41, 5.74) is 6.84. The molecule has 5 nitrogen and oxygen atoms in total. The first-order valence-electron chi connectivity index (χ1n) is 5.36. The van der Waals surface area contributed by atoms with Crippen molar-refractivity contribution in [3.63, 3.8) is 0 Å². The summed E-state index contributed by atoms with van der Waals surface area (Å²) >= 11 is 0. The molecule has 1 aliphatic heterocycles. The first-order valence-corrected chi connectivity index (χ1v) is 5.36. The first kappa shape index (κ1) is 9.62. The van der Waals surface area contributed by atoms with Crippen molar-refractivity contribution in [2.24, 2.45) is 5.73 Å². The van der Waals surface area contributed by atoms with Crippen molar-refractivity contribution >= 4 is 11.3 Å². The molecular formula is C11H14N4O. The molecule has 1 saturated heterocycles. The van der Waals surface area contributed by atoms with E-state index in [2.05, 4.69) is 4.98 Å². The van der Waals surface area contributed by atoms with Gasteiger partial charge in [0.1, 0.15) is 0 Å². The number of hydrogen-bond donors (Lipinski definition) is 2. The van der Waals surface area contributed by atoms with E-state index in [0.717, 1.165) is 11.3 Å². The number of aromatic nitrogens is 2. The van der Waals surface area contributed by atoms with E-state index in [9.17, 15) is 5.11 Å². The van der Waals surface area contributed by atoms with Gasteiger partial charge >= 0.3 is 0 Å². The number of aliphatic hydroxyl groups excluding tert-OH is 1. The molecule has 3 heterocycles. The van der Waals surface area contributed by atoms with Gasteiger partial charge in [0.15, 0.2) is 5.82 Å². The van der Waals surface area contributed by atoms with Gasteiger partial charge in [0.05, 0.1) is 11.6 Å². The molecule has 3 N–H and O–H groups in total. The van der Waals surface area contributed by atoms with Crippen molar-refractivity contribution in [1.82, 2.24) is 9.38 Å². The van der Waals surface area contributed by atoms with Crippen LogP contribution in [0.3, 0.4) is 0 Å². The third-order valence-corrected chi connectivity index (χ3v) is 3.06. The van der Waals surface area contributed by atoms with Crippen LogP contribution in [0, 0.1) is 0 Å². The lowest BCUT2D eigenvalue weighted by molar-refractivity contribution is 0.180. The average molecular weight is 218 g/mol. The maximum absolute atomic E-state index is 9.65. The van der Waals surface area contributed by atoms with Crippen LogP contribution in [0.2, 0.25) is 0 Å². The van der Waals surface area contributed by atoms with Gasteiger partial charge in [-0.15, -0.1) is 0 Å². The summed E-state index contributed by atoms with van der Waals surface area (Å²) in [7, 11) is 0. The van der Waals surface area contributed by atoms with Gasteiger partial charge in [-0.25, -0.2) is 4.98 Å². The van der Waals surface area contributed by atoms with Crippen LogP contribution in [0.1, 0.15) is 0 Å². The molecule has 0 aliphatic carbocycles. The maximum atomic E-state index is 9.65. The van der Waals surface area contributed by atoms with E-state index in [1.165, 1.54) is 0 Å². The highest BCUT2D eigenvalue weighted by atomic mass is 16.3. The van der Waals surface area contributed by atoms with E-state index in [0.29, 0.717) is 13.1 Å². The van der Waals surface area contributed by atoms with Gasteiger partial charge < -0.3 is 20.1 Å². The zero-order valence-corrected chi connectivity index (χ0v) is 8.82. The molecule has 16 heavy (non-hydrogen) atoms. The van der Waals surface area contributed by atoms with Gasteiger partial charge in [-0.1, -0.05) is 0 Å². The molecule has 2 aromatic rings. The molecule has 0 bridgehead atoms. The molecule has 3 rings (SSSR count). The Balaban J connectivity index is 2.03. The van der Waals surface area contributed by atoms with Gasteiger partial charge in [0.25, 0.3) is 0 Å². The lowest BCUT2D eigenvalue weighted by Crippen LogP contribution is -2.32. The Hall–Kier alpha value is -1.59. The van der Waals surface area contributed by atoms with E-state index in [1.54, 1.807) is 6.20 Å². The fraction of sp³-hybridized carbons (Fsp3) is 0.364. The first-order chi connectivity index (χ1) is 7.75. The number of aliphatic hydroxyl groups is 1. The number of nitrogens with two attached hydrogens (primary N) is 1. The third kappa shape index (κ3) is 1.36. The van der Waals surface area contributed by atoms with Gasteiger partial charge in [0.2, 0.25) is 0 Å². The van der Waals surface area contributed by atoms with Crippen LogP contribution < -0.4 is 10.6 Å². The fourth-order valence-electron chi connectivity index (χ4n) is 2.18. The number of β-amino-alcohol motifs (C(OH)–C–C–N with tert-alkyl or cyclic N) is 1. The maximum Gasteiger partial charge on any atom is 0.153 e. The molecule has 0 unspecified atom stereocenters. The fourth-order valence-corrected chi connectivity index (χ4v) is 2.18. The minimum Gasteiger partial charge on any atom is -0.390 e. The Labute approximate surface area is 93.1 Å². The molecule has 2 atom stereocenters. The van der Waals surface area contributed by atoms with E-state index in [1.807, 2.05) is 33.8 Å². The van der Waals surface area contributed by atoms with Gasteiger partial charge in [0, 0.05) is 37.7 Å². The lowest BCUT2D eigenvalue weighted by atomic mass is 10.2. The Morgan fingerprint density at radius 1 is 1.38 bits per heavy atom. The summed E-state index contributed by atoms with van der Waals surface area (Å²) in [6.07, 6.45) is 5.19. The standard InChI is InChI=1S/C11H14N4O/c12-8-6-15(7-10(8)16)11-9-2-1-4-14(9)5-3-13-11/h1-5,8,10,16H,6-7,12H2/t8-,10+/m1/s1. The third-order valence-electron chi connectivity index (χ3n) is 3.06. The monoisotopic (exact) mass is 218 g/mol. The second-order valence-electron chi connectivity index (χ2n) is 4.19. The number of fused-ring (bicyclic) bond motifs is 1. The predicted octanol–water partition coefficient (Wildman–Crippen LogP) is -0.158. The lowest BCUT2D eigenvalue weighted by Gasteiger charge is -2.17. The van der Waals surface area contributed by atoms with Crippen LogP contribution >= 0.6 is 0 Å². The molecule has 0 saturated carbocycles.